The first-order chi connectivity index (χ1) is 23.0. The number of nitrogens with one attached hydrogen (secondary N) is 1. The van der Waals surface area contributed by atoms with E-state index >= 15 is 0 Å². The van der Waals surface area contributed by atoms with Crippen molar-refractivity contribution < 1.29 is 38.3 Å². The first-order valence-electron chi connectivity index (χ1n) is 14.8. The molecule has 0 aliphatic carbocycles. The predicted octanol–water partition coefficient (Wildman–Crippen LogP) is 2.99. The number of aromatic nitrogens is 2. The van der Waals surface area contributed by atoms with Crippen molar-refractivity contribution in [3.05, 3.63) is 135 Å². The molecule has 1 aromatic heterocycles. The molecule has 3 aromatic carbocycles. The van der Waals surface area contributed by atoms with Gasteiger partial charge < -0.3 is 33.5 Å². The van der Waals surface area contributed by atoms with E-state index in [1.54, 1.807) is 38.5 Å². The first-order valence-corrected chi connectivity index (χ1v) is 16.0. The van der Waals surface area contributed by atoms with Crippen molar-refractivity contribution in [3.63, 3.8) is 0 Å². The molecule has 1 fully saturated rings. The predicted molar refractivity (Wildman–Crippen MR) is 177 cm³/mol. The van der Waals surface area contributed by atoms with Crippen molar-refractivity contribution >= 4 is 20.1 Å². The molecule has 252 valence electrons. The van der Waals surface area contributed by atoms with E-state index < -0.39 is 55.7 Å². The number of esters is 1. The molecule has 1 aliphatic rings. The van der Waals surface area contributed by atoms with E-state index in [1.165, 1.54) is 0 Å². The zero-order valence-corrected chi connectivity index (χ0v) is 27.3. The summed E-state index contributed by atoms with van der Waals surface area (Å²) >= 11 is 0. The Kier molecular flexibility index (Phi) is 10.6. The van der Waals surface area contributed by atoms with Gasteiger partial charge in [0.25, 0.3) is 5.56 Å². The second kappa shape index (κ2) is 14.7. The van der Waals surface area contributed by atoms with Gasteiger partial charge in [0.15, 0.2) is 0 Å². The van der Waals surface area contributed by atoms with Crippen LogP contribution in [0.4, 0.5) is 0 Å². The van der Waals surface area contributed by atoms with E-state index in [9.17, 15) is 24.4 Å². The molecule has 48 heavy (non-hydrogen) atoms. The standard InChI is InChI=1S/C34H36N3O10P/c1-20(32(40)45-4)26-19-37(33(41)36-31(26)39)28-18-27(47-48(35)42)29(46-28)30(38)34(21-8-6-5-7-9-21,22-10-14-24(43-2)15-11-22)23-12-16-25(44-3)17-13-23/h5-17,19,27-30,38,42H,1,18,35H2,2-4H3,(H,36,39,41)/t27-,28+,29-,30?,48?/m0/s1. The lowest BCUT2D eigenvalue weighted by atomic mass is 9.64. The van der Waals surface area contributed by atoms with Crippen LogP contribution in [0.3, 0.4) is 0 Å². The molecular weight excluding hydrogens is 641 g/mol. The minimum Gasteiger partial charge on any atom is -0.497 e. The number of hydrogen-bond acceptors (Lipinski definition) is 11. The van der Waals surface area contributed by atoms with Crippen LogP contribution in [-0.4, -0.2) is 65.2 Å². The molecule has 14 heteroatoms. The molecule has 0 saturated carbocycles. The maximum atomic E-state index is 13.1. The van der Waals surface area contributed by atoms with Gasteiger partial charge in [0.1, 0.15) is 29.9 Å². The van der Waals surface area contributed by atoms with Gasteiger partial charge in [-0.2, -0.15) is 0 Å². The lowest BCUT2D eigenvalue weighted by Crippen LogP contribution is -2.51. The minimum atomic E-state index is -2.45. The van der Waals surface area contributed by atoms with Crippen LogP contribution in [0.5, 0.6) is 11.5 Å². The van der Waals surface area contributed by atoms with Crippen LogP contribution >= 0.6 is 8.53 Å². The molecular formula is C34H36N3O10P. The number of benzene rings is 3. The Labute approximate surface area is 277 Å². The summed E-state index contributed by atoms with van der Waals surface area (Å²) < 4.78 is 28.8. The lowest BCUT2D eigenvalue weighted by molar-refractivity contribution is -0.133. The fourth-order valence-electron chi connectivity index (χ4n) is 6.17. The highest BCUT2D eigenvalue weighted by Gasteiger charge is 2.53. The van der Waals surface area contributed by atoms with Crippen LogP contribution in [-0.2, 0) is 24.2 Å². The Morgan fingerprint density at radius 1 is 0.979 bits per heavy atom. The molecule has 0 spiro atoms. The fourth-order valence-corrected chi connectivity index (χ4v) is 6.65. The number of aliphatic hydroxyl groups is 1. The molecule has 1 saturated heterocycles. The summed E-state index contributed by atoms with van der Waals surface area (Å²) in [5.41, 5.74) is 4.22. The fraction of sp³-hybridized carbons (Fsp3) is 0.265. The summed E-state index contributed by atoms with van der Waals surface area (Å²) in [6, 6.07) is 23.7. The zero-order chi connectivity index (χ0) is 34.6. The molecule has 5 N–H and O–H groups in total. The van der Waals surface area contributed by atoms with Crippen molar-refractivity contribution in [2.45, 2.75) is 36.4 Å². The van der Waals surface area contributed by atoms with Crippen molar-refractivity contribution in [1.29, 1.82) is 0 Å². The monoisotopic (exact) mass is 677 g/mol. The summed E-state index contributed by atoms with van der Waals surface area (Å²) in [5.74, 6) is 0.326. The van der Waals surface area contributed by atoms with Crippen LogP contribution in [0.1, 0.15) is 34.9 Å². The van der Waals surface area contributed by atoms with Gasteiger partial charge in [-0.1, -0.05) is 61.2 Å². The van der Waals surface area contributed by atoms with Crippen LogP contribution < -0.4 is 26.2 Å². The summed E-state index contributed by atoms with van der Waals surface area (Å²) in [6.07, 6.45) is -3.79. The third kappa shape index (κ3) is 6.56. The Bertz CT molecular complexity index is 1810. The van der Waals surface area contributed by atoms with Crippen LogP contribution in [0, 0.1) is 0 Å². The maximum Gasteiger partial charge on any atom is 0.338 e. The SMILES string of the molecule is C=C(C(=O)OC)c1cn([C@H]2C[C@H](OP(N)O)[C@@H](C(O)C(c3ccccc3)(c3ccc(OC)cc3)c3ccc(OC)cc3)O2)c(=O)[nH]c1=O. The molecule has 4 aromatic rings. The molecule has 1 aliphatic heterocycles. The molecule has 0 amide bonds. The molecule has 0 radical (unpaired) electrons. The maximum absolute atomic E-state index is 13.1. The molecule has 5 rings (SSSR count). The Morgan fingerprint density at radius 2 is 1.52 bits per heavy atom. The number of hydrogen-bond donors (Lipinski definition) is 4. The van der Waals surface area contributed by atoms with Crippen LogP contribution in [0.2, 0.25) is 0 Å². The topological polar surface area (TPSA) is 185 Å². The molecule has 2 unspecified atom stereocenters. The number of ether oxygens (including phenoxy) is 4. The van der Waals surface area contributed by atoms with E-state index in [1.807, 2.05) is 54.6 Å². The van der Waals surface area contributed by atoms with Crippen molar-refractivity contribution in [2.75, 3.05) is 21.3 Å². The van der Waals surface area contributed by atoms with Crippen molar-refractivity contribution in [1.82, 2.24) is 9.55 Å². The van der Waals surface area contributed by atoms with Gasteiger partial charge in [-0.3, -0.25) is 19.8 Å². The number of H-pyrrole nitrogens is 1. The van der Waals surface area contributed by atoms with Crippen molar-refractivity contribution in [2.24, 2.45) is 5.50 Å². The van der Waals surface area contributed by atoms with Gasteiger partial charge in [0.05, 0.1) is 44.0 Å². The Morgan fingerprint density at radius 3 is 2.02 bits per heavy atom. The number of aliphatic hydroxyl groups excluding tert-OH is 1. The first kappa shape index (κ1) is 34.7. The van der Waals surface area contributed by atoms with Gasteiger partial charge >= 0.3 is 11.7 Å². The second-order valence-corrected chi connectivity index (χ2v) is 11.8. The molecule has 0 bridgehead atoms. The van der Waals surface area contributed by atoms with Gasteiger partial charge in [-0.05, 0) is 41.0 Å². The summed E-state index contributed by atoms with van der Waals surface area (Å²) in [7, 11) is 1.79. The molecule has 13 nitrogen and oxygen atoms in total. The van der Waals surface area contributed by atoms with E-state index in [0.717, 1.165) is 17.9 Å². The molecule has 2 heterocycles. The third-order valence-corrected chi connectivity index (χ3v) is 8.95. The number of nitrogens with two attached hydrogens (primary N) is 1. The summed E-state index contributed by atoms with van der Waals surface area (Å²) in [5, 5.41) is 12.8. The lowest BCUT2D eigenvalue weighted by Gasteiger charge is -2.43. The summed E-state index contributed by atoms with van der Waals surface area (Å²) in [6.45, 7) is 3.63. The number of carbonyl (C=O) groups excluding carboxylic acids is 1. The number of methoxy groups -OCH3 is 3. The van der Waals surface area contributed by atoms with Gasteiger partial charge in [-0.15, -0.1) is 0 Å². The van der Waals surface area contributed by atoms with E-state index in [4.69, 9.17) is 29.0 Å². The minimum absolute atomic E-state index is 0.0789. The van der Waals surface area contributed by atoms with E-state index in [2.05, 4.69) is 11.6 Å². The highest BCUT2D eigenvalue weighted by Crippen LogP contribution is 2.48. The van der Waals surface area contributed by atoms with Crippen LogP contribution in [0.15, 0.2) is 101 Å². The second-order valence-electron chi connectivity index (χ2n) is 11.0. The largest absolute Gasteiger partial charge is 0.497 e. The van der Waals surface area contributed by atoms with E-state index in [0.29, 0.717) is 28.2 Å². The zero-order valence-electron chi connectivity index (χ0n) is 26.4. The summed E-state index contributed by atoms with van der Waals surface area (Å²) in [4.78, 5) is 50.3. The normalized spacial score (nSPS) is 18.9. The third-order valence-electron chi connectivity index (χ3n) is 8.47. The van der Waals surface area contributed by atoms with E-state index in [-0.39, 0.29) is 17.6 Å². The van der Waals surface area contributed by atoms with Gasteiger partial charge in [-0.25, -0.2) is 9.59 Å². The smallest absolute Gasteiger partial charge is 0.338 e. The number of nitrogens with zero attached hydrogens (tertiary/aromatic N) is 1. The van der Waals surface area contributed by atoms with Gasteiger partial charge in [0.2, 0.25) is 8.53 Å². The van der Waals surface area contributed by atoms with Gasteiger partial charge in [0, 0.05) is 12.6 Å². The quantitative estimate of drug-likeness (QED) is 0.0748. The van der Waals surface area contributed by atoms with Crippen molar-refractivity contribution in [3.8, 4) is 11.5 Å². The highest BCUT2D eigenvalue weighted by atomic mass is 31.2. The van der Waals surface area contributed by atoms with Crippen LogP contribution in [0.25, 0.3) is 5.57 Å². The Balaban J connectivity index is 1.70. The Hall–Kier alpha value is -4.62. The average molecular weight is 678 g/mol. The molecule has 5 atom stereocenters. The average Bonchev–Trinajstić information content (AvgIpc) is 3.51. The number of carbonyl (C=O) groups is 1. The number of rotatable bonds is 12. The number of aromatic amines is 1. The highest BCUT2D eigenvalue weighted by molar-refractivity contribution is 7.43.